The quantitative estimate of drug-likeness (QED) is 0.810. The van der Waals surface area contributed by atoms with Crippen molar-refractivity contribution in [3.05, 3.63) is 16.5 Å². The molecule has 18 heavy (non-hydrogen) atoms. The van der Waals surface area contributed by atoms with E-state index in [2.05, 4.69) is 18.6 Å². The Kier molecular flexibility index (Phi) is 5.78. The Morgan fingerprint density at radius 3 is 2.44 bits per heavy atom. The van der Waals surface area contributed by atoms with E-state index in [0.29, 0.717) is 17.3 Å². The minimum absolute atomic E-state index is 0.113. The van der Waals surface area contributed by atoms with Crippen LogP contribution in [0.5, 0.6) is 0 Å². The van der Waals surface area contributed by atoms with Gasteiger partial charge in [-0.2, -0.15) is 0 Å². The van der Waals surface area contributed by atoms with E-state index in [9.17, 15) is 8.42 Å². The van der Waals surface area contributed by atoms with Crippen LogP contribution < -0.4 is 4.72 Å². The fourth-order valence-corrected chi connectivity index (χ4v) is 4.26. The summed E-state index contributed by atoms with van der Waals surface area (Å²) >= 11 is 1.13. The molecule has 0 fully saturated rings. The normalized spacial score (nSPS) is 12.3. The largest absolute Gasteiger partial charge is 0.391 e. The Morgan fingerprint density at radius 1 is 1.39 bits per heavy atom. The van der Waals surface area contributed by atoms with Gasteiger partial charge in [-0.15, -0.1) is 11.3 Å². The highest BCUT2D eigenvalue weighted by atomic mass is 32.2. The summed E-state index contributed by atoms with van der Waals surface area (Å²) in [5.41, 5.74) is 0.824. The highest BCUT2D eigenvalue weighted by Crippen LogP contribution is 2.25. The van der Waals surface area contributed by atoms with Crippen molar-refractivity contribution in [2.75, 3.05) is 6.54 Å². The lowest BCUT2D eigenvalue weighted by Crippen LogP contribution is -2.28. The van der Waals surface area contributed by atoms with E-state index in [1.165, 1.54) is 0 Å². The highest BCUT2D eigenvalue weighted by Gasteiger charge is 2.19. The first-order valence-electron chi connectivity index (χ1n) is 6.14. The van der Waals surface area contributed by atoms with Crippen LogP contribution in [0.4, 0.5) is 0 Å². The van der Waals surface area contributed by atoms with Crippen molar-refractivity contribution in [3.63, 3.8) is 0 Å². The number of thiophene rings is 1. The maximum atomic E-state index is 12.1. The molecule has 0 saturated carbocycles. The van der Waals surface area contributed by atoms with Crippen LogP contribution in [0.25, 0.3) is 0 Å². The standard InChI is InChI=1S/C12H21NO3S2/c1-4-10(5-2)7-13-18(15,16)12-6-9(3)11(8-14)17-12/h6,10,13-14H,4-5,7-8H2,1-3H3. The molecule has 0 aliphatic rings. The van der Waals surface area contributed by atoms with Gasteiger partial charge in [0.1, 0.15) is 4.21 Å². The first-order valence-corrected chi connectivity index (χ1v) is 8.44. The van der Waals surface area contributed by atoms with Crippen molar-refractivity contribution >= 4 is 21.4 Å². The topological polar surface area (TPSA) is 66.4 Å². The van der Waals surface area contributed by atoms with E-state index in [1.807, 2.05) is 6.92 Å². The molecule has 1 heterocycles. The molecule has 104 valence electrons. The molecule has 1 rings (SSSR count). The van der Waals surface area contributed by atoms with E-state index in [4.69, 9.17) is 5.11 Å². The Morgan fingerprint density at radius 2 is 2.00 bits per heavy atom. The van der Waals surface area contributed by atoms with Crippen molar-refractivity contribution in [3.8, 4) is 0 Å². The van der Waals surface area contributed by atoms with Crippen LogP contribution in [0.2, 0.25) is 0 Å². The first-order chi connectivity index (χ1) is 8.44. The number of sulfonamides is 1. The Balaban J connectivity index is 2.79. The fraction of sp³-hybridized carbons (Fsp3) is 0.667. The zero-order valence-corrected chi connectivity index (χ0v) is 12.7. The smallest absolute Gasteiger partial charge is 0.250 e. The zero-order valence-electron chi connectivity index (χ0n) is 11.1. The summed E-state index contributed by atoms with van der Waals surface area (Å²) in [7, 11) is -3.43. The van der Waals surface area contributed by atoms with Gasteiger partial charge in [-0.3, -0.25) is 0 Å². The fourth-order valence-electron chi connectivity index (χ4n) is 1.65. The van der Waals surface area contributed by atoms with Crippen LogP contribution >= 0.6 is 11.3 Å². The molecule has 0 aromatic carbocycles. The van der Waals surface area contributed by atoms with Gasteiger partial charge in [0, 0.05) is 11.4 Å². The van der Waals surface area contributed by atoms with Crippen molar-refractivity contribution in [2.45, 2.75) is 44.4 Å². The van der Waals surface area contributed by atoms with E-state index in [1.54, 1.807) is 6.07 Å². The lowest BCUT2D eigenvalue weighted by atomic mass is 10.0. The average Bonchev–Trinajstić information content (AvgIpc) is 2.72. The molecular formula is C12H21NO3S2. The molecule has 0 unspecified atom stereocenters. The van der Waals surface area contributed by atoms with Gasteiger partial charge in [0.15, 0.2) is 0 Å². The molecule has 0 bridgehead atoms. The number of aliphatic hydroxyl groups is 1. The van der Waals surface area contributed by atoms with Crippen LogP contribution in [-0.4, -0.2) is 20.1 Å². The Bertz CT molecular complexity index is 476. The molecule has 6 heteroatoms. The lowest BCUT2D eigenvalue weighted by Gasteiger charge is -2.12. The molecule has 0 aliphatic carbocycles. The summed E-state index contributed by atoms with van der Waals surface area (Å²) in [5.74, 6) is 0.373. The number of aliphatic hydroxyl groups excluding tert-OH is 1. The van der Waals surface area contributed by atoms with Crippen molar-refractivity contribution < 1.29 is 13.5 Å². The molecular weight excluding hydrogens is 270 g/mol. The van der Waals surface area contributed by atoms with Crippen LogP contribution in [0, 0.1) is 12.8 Å². The van der Waals surface area contributed by atoms with Gasteiger partial charge in [0.2, 0.25) is 10.0 Å². The second kappa shape index (κ2) is 6.65. The second-order valence-corrected chi connectivity index (χ2v) is 7.49. The highest BCUT2D eigenvalue weighted by molar-refractivity contribution is 7.91. The van der Waals surface area contributed by atoms with Crippen LogP contribution in [0.1, 0.15) is 37.1 Å². The van der Waals surface area contributed by atoms with E-state index >= 15 is 0 Å². The van der Waals surface area contributed by atoms with Gasteiger partial charge in [0.25, 0.3) is 0 Å². The van der Waals surface area contributed by atoms with E-state index < -0.39 is 10.0 Å². The molecule has 0 radical (unpaired) electrons. The summed E-state index contributed by atoms with van der Waals surface area (Å²) < 4.78 is 27.1. The molecule has 0 amide bonds. The van der Waals surface area contributed by atoms with Gasteiger partial charge in [-0.1, -0.05) is 26.7 Å². The molecule has 0 aliphatic heterocycles. The number of hydrogen-bond acceptors (Lipinski definition) is 4. The Labute approximate surface area is 113 Å². The Hall–Kier alpha value is -0.430. The van der Waals surface area contributed by atoms with E-state index in [0.717, 1.165) is 29.7 Å². The van der Waals surface area contributed by atoms with Gasteiger partial charge < -0.3 is 5.11 Å². The SMILES string of the molecule is CCC(CC)CNS(=O)(=O)c1cc(C)c(CO)s1. The summed E-state index contributed by atoms with van der Waals surface area (Å²) in [6.45, 7) is 6.28. The first kappa shape index (κ1) is 15.6. The molecule has 4 nitrogen and oxygen atoms in total. The number of nitrogens with one attached hydrogen (secondary N) is 1. The predicted octanol–water partition coefficient (Wildman–Crippen LogP) is 2.26. The maximum Gasteiger partial charge on any atom is 0.250 e. The summed E-state index contributed by atoms with van der Waals surface area (Å²) in [4.78, 5) is 0.706. The van der Waals surface area contributed by atoms with Crippen molar-refractivity contribution in [1.29, 1.82) is 0 Å². The third kappa shape index (κ3) is 3.78. The monoisotopic (exact) mass is 291 g/mol. The molecule has 0 saturated heterocycles. The molecule has 0 atom stereocenters. The minimum Gasteiger partial charge on any atom is -0.391 e. The molecule has 0 spiro atoms. The predicted molar refractivity (Wildman–Crippen MR) is 74.2 cm³/mol. The number of aryl methyl sites for hydroxylation is 1. The van der Waals surface area contributed by atoms with Crippen LogP contribution in [0.3, 0.4) is 0 Å². The molecule has 2 N–H and O–H groups in total. The molecule has 1 aromatic heterocycles. The van der Waals surface area contributed by atoms with Crippen LogP contribution in [0.15, 0.2) is 10.3 Å². The summed E-state index contributed by atoms with van der Waals surface area (Å²) in [5, 5.41) is 9.09. The third-order valence-electron chi connectivity index (χ3n) is 3.12. The average molecular weight is 291 g/mol. The van der Waals surface area contributed by atoms with Crippen molar-refractivity contribution in [2.24, 2.45) is 5.92 Å². The minimum atomic E-state index is -3.43. The third-order valence-corrected chi connectivity index (χ3v) is 6.24. The summed E-state index contributed by atoms with van der Waals surface area (Å²) in [6.07, 6.45) is 1.93. The summed E-state index contributed by atoms with van der Waals surface area (Å²) in [6, 6.07) is 1.62. The lowest BCUT2D eigenvalue weighted by molar-refractivity contribution is 0.285. The van der Waals surface area contributed by atoms with Crippen LogP contribution in [-0.2, 0) is 16.6 Å². The number of hydrogen-bond donors (Lipinski definition) is 2. The van der Waals surface area contributed by atoms with Gasteiger partial charge in [0.05, 0.1) is 6.61 Å². The van der Waals surface area contributed by atoms with E-state index in [-0.39, 0.29) is 10.8 Å². The van der Waals surface area contributed by atoms with Gasteiger partial charge >= 0.3 is 0 Å². The zero-order chi connectivity index (χ0) is 13.8. The second-order valence-electron chi connectivity index (χ2n) is 4.36. The molecule has 1 aromatic rings. The van der Waals surface area contributed by atoms with Gasteiger partial charge in [-0.05, 0) is 24.5 Å². The number of rotatable bonds is 7. The van der Waals surface area contributed by atoms with Crippen molar-refractivity contribution in [1.82, 2.24) is 4.72 Å². The maximum absolute atomic E-state index is 12.1. The van der Waals surface area contributed by atoms with Gasteiger partial charge in [-0.25, -0.2) is 13.1 Å².